The molecule has 3 nitrogen and oxygen atoms in total. The van der Waals surface area contributed by atoms with E-state index in [2.05, 4.69) is 25.5 Å². The molecule has 0 aromatic heterocycles. The summed E-state index contributed by atoms with van der Waals surface area (Å²) in [6.07, 6.45) is 2.98. The van der Waals surface area contributed by atoms with Crippen molar-refractivity contribution >= 4 is 11.9 Å². The van der Waals surface area contributed by atoms with Gasteiger partial charge in [0.2, 0.25) is 0 Å². The van der Waals surface area contributed by atoms with Crippen LogP contribution in [0.5, 0.6) is 0 Å². The monoisotopic (exact) mass is 210 g/mol. The number of ether oxygens (including phenoxy) is 1. The quantitative estimate of drug-likeness (QED) is 0.399. The second kappa shape index (κ2) is 4.17. The highest BCUT2D eigenvalue weighted by atomic mass is 16.6. The molecule has 0 unspecified atom stereocenters. The molecule has 0 bridgehead atoms. The summed E-state index contributed by atoms with van der Waals surface area (Å²) in [5, 5.41) is 0. The van der Waals surface area contributed by atoms with Gasteiger partial charge in [0, 0.05) is 0 Å². The van der Waals surface area contributed by atoms with Crippen molar-refractivity contribution in [2.75, 3.05) is 0 Å². The van der Waals surface area contributed by atoms with Gasteiger partial charge >= 0.3 is 11.9 Å². The number of allylic oxidation sites excluding steroid dienone is 1. The van der Waals surface area contributed by atoms with Crippen molar-refractivity contribution in [3.8, 4) is 0 Å². The van der Waals surface area contributed by atoms with Gasteiger partial charge in [-0.3, -0.25) is 9.59 Å². The molecule has 0 aromatic carbocycles. The molecule has 1 atom stereocenters. The van der Waals surface area contributed by atoms with Crippen molar-refractivity contribution in [2.24, 2.45) is 11.3 Å². The summed E-state index contributed by atoms with van der Waals surface area (Å²) < 4.78 is 4.48. The van der Waals surface area contributed by atoms with Crippen LogP contribution in [-0.4, -0.2) is 11.9 Å². The minimum absolute atomic E-state index is 0.195. The lowest BCUT2D eigenvalue weighted by Crippen LogP contribution is -2.08. The standard InChI is InChI=1S/C12H18O3/c1-8(7-12(2,3)4)5-9-6-10(13)15-11(9)14/h5,9H,6-7H2,1-4H3/b8-5-/t9-/m0/s1. The predicted molar refractivity (Wildman–Crippen MR) is 57.0 cm³/mol. The summed E-state index contributed by atoms with van der Waals surface area (Å²) in [4.78, 5) is 22.1. The van der Waals surface area contributed by atoms with Crippen LogP contribution in [0.1, 0.15) is 40.5 Å². The van der Waals surface area contributed by atoms with Gasteiger partial charge in [-0.05, 0) is 18.8 Å². The van der Waals surface area contributed by atoms with Crippen molar-refractivity contribution in [1.82, 2.24) is 0 Å². The van der Waals surface area contributed by atoms with Crippen LogP contribution in [0.3, 0.4) is 0 Å². The lowest BCUT2D eigenvalue weighted by atomic mass is 9.87. The summed E-state index contributed by atoms with van der Waals surface area (Å²) in [5.74, 6) is -1.18. The Morgan fingerprint density at radius 2 is 2.07 bits per heavy atom. The molecule has 1 fully saturated rings. The maximum absolute atomic E-state index is 11.2. The molecule has 1 rings (SSSR count). The number of hydrogen-bond acceptors (Lipinski definition) is 3. The molecule has 0 radical (unpaired) electrons. The Morgan fingerprint density at radius 3 is 2.47 bits per heavy atom. The van der Waals surface area contributed by atoms with E-state index in [0.29, 0.717) is 0 Å². The number of hydrogen-bond donors (Lipinski definition) is 0. The Labute approximate surface area is 90.5 Å². The summed E-state index contributed by atoms with van der Waals surface area (Å²) in [7, 11) is 0. The fourth-order valence-corrected chi connectivity index (χ4v) is 1.86. The van der Waals surface area contributed by atoms with Crippen LogP contribution in [0.4, 0.5) is 0 Å². The minimum Gasteiger partial charge on any atom is -0.393 e. The molecule has 0 aromatic rings. The van der Waals surface area contributed by atoms with E-state index in [0.717, 1.165) is 12.0 Å². The number of rotatable bonds is 2. The molecular weight excluding hydrogens is 192 g/mol. The van der Waals surface area contributed by atoms with Crippen molar-refractivity contribution in [1.29, 1.82) is 0 Å². The van der Waals surface area contributed by atoms with Gasteiger partial charge in [-0.15, -0.1) is 0 Å². The van der Waals surface area contributed by atoms with E-state index in [1.165, 1.54) is 0 Å². The van der Waals surface area contributed by atoms with Crippen LogP contribution < -0.4 is 0 Å². The molecule has 84 valence electrons. The third-order valence-corrected chi connectivity index (χ3v) is 2.20. The highest BCUT2D eigenvalue weighted by Gasteiger charge is 2.31. The van der Waals surface area contributed by atoms with E-state index in [9.17, 15) is 9.59 Å². The number of cyclic esters (lactones) is 2. The summed E-state index contributed by atoms with van der Waals surface area (Å²) in [6, 6.07) is 0. The van der Waals surface area contributed by atoms with Gasteiger partial charge in [-0.2, -0.15) is 0 Å². The van der Waals surface area contributed by atoms with Crippen LogP contribution in [0.15, 0.2) is 11.6 Å². The molecule has 0 amide bonds. The van der Waals surface area contributed by atoms with Gasteiger partial charge in [0.25, 0.3) is 0 Å². The van der Waals surface area contributed by atoms with Gasteiger partial charge in [0.05, 0.1) is 12.3 Å². The fraction of sp³-hybridized carbons (Fsp3) is 0.667. The predicted octanol–water partition coefficient (Wildman–Crippen LogP) is 2.46. The van der Waals surface area contributed by atoms with E-state index in [-0.39, 0.29) is 17.8 Å². The summed E-state index contributed by atoms with van der Waals surface area (Å²) in [5.41, 5.74) is 1.34. The molecule has 0 spiro atoms. The zero-order chi connectivity index (χ0) is 11.6. The second-order valence-electron chi connectivity index (χ2n) is 5.35. The minimum atomic E-state index is -0.412. The van der Waals surface area contributed by atoms with E-state index >= 15 is 0 Å². The van der Waals surface area contributed by atoms with Crippen LogP contribution >= 0.6 is 0 Å². The molecule has 0 aliphatic carbocycles. The average molecular weight is 210 g/mol. The Balaban J connectivity index is 2.63. The molecule has 1 aliphatic heterocycles. The van der Waals surface area contributed by atoms with E-state index in [1.807, 2.05) is 13.0 Å². The normalized spacial score (nSPS) is 23.2. The molecule has 1 saturated heterocycles. The third-order valence-electron chi connectivity index (χ3n) is 2.20. The molecule has 3 heteroatoms. The Kier molecular flexibility index (Phi) is 3.32. The Morgan fingerprint density at radius 1 is 1.47 bits per heavy atom. The molecule has 1 heterocycles. The third kappa shape index (κ3) is 3.86. The Hall–Kier alpha value is -1.12. The average Bonchev–Trinajstić information content (AvgIpc) is 2.25. The van der Waals surface area contributed by atoms with Crippen molar-refractivity contribution in [2.45, 2.75) is 40.5 Å². The van der Waals surface area contributed by atoms with Gasteiger partial charge in [0.1, 0.15) is 0 Å². The molecule has 15 heavy (non-hydrogen) atoms. The smallest absolute Gasteiger partial charge is 0.321 e. The van der Waals surface area contributed by atoms with E-state index in [1.54, 1.807) is 0 Å². The topological polar surface area (TPSA) is 43.4 Å². The summed E-state index contributed by atoms with van der Waals surface area (Å²) >= 11 is 0. The zero-order valence-electron chi connectivity index (χ0n) is 9.79. The van der Waals surface area contributed by atoms with Crippen LogP contribution in [0.2, 0.25) is 0 Å². The fourth-order valence-electron chi connectivity index (χ4n) is 1.86. The molecule has 1 aliphatic rings. The zero-order valence-corrected chi connectivity index (χ0v) is 9.79. The molecule has 0 saturated carbocycles. The SMILES string of the molecule is C/C(=C/[C@H]1CC(=O)OC1=O)CC(C)(C)C. The first-order valence-electron chi connectivity index (χ1n) is 5.20. The highest BCUT2D eigenvalue weighted by molar-refractivity contribution is 5.95. The Bertz CT molecular complexity index is 307. The van der Waals surface area contributed by atoms with Crippen molar-refractivity contribution < 1.29 is 14.3 Å². The highest BCUT2D eigenvalue weighted by Crippen LogP contribution is 2.26. The molecule has 0 N–H and O–H groups in total. The number of carbonyl (C=O) groups is 2. The van der Waals surface area contributed by atoms with Crippen molar-refractivity contribution in [3.63, 3.8) is 0 Å². The maximum Gasteiger partial charge on any atom is 0.321 e. The van der Waals surface area contributed by atoms with Gasteiger partial charge < -0.3 is 4.74 Å². The van der Waals surface area contributed by atoms with Crippen molar-refractivity contribution in [3.05, 3.63) is 11.6 Å². The van der Waals surface area contributed by atoms with Gasteiger partial charge in [-0.1, -0.05) is 32.4 Å². The second-order valence-corrected chi connectivity index (χ2v) is 5.35. The van der Waals surface area contributed by atoms with Crippen LogP contribution in [-0.2, 0) is 14.3 Å². The van der Waals surface area contributed by atoms with Gasteiger partial charge in [0.15, 0.2) is 0 Å². The number of carbonyl (C=O) groups excluding carboxylic acids is 2. The van der Waals surface area contributed by atoms with Crippen LogP contribution in [0, 0.1) is 11.3 Å². The first-order valence-corrected chi connectivity index (χ1v) is 5.20. The lowest BCUT2D eigenvalue weighted by molar-refractivity contribution is -0.152. The summed E-state index contributed by atoms with van der Waals surface area (Å²) in [6.45, 7) is 8.41. The lowest BCUT2D eigenvalue weighted by Gasteiger charge is -2.18. The maximum atomic E-state index is 11.2. The van der Waals surface area contributed by atoms with E-state index in [4.69, 9.17) is 0 Å². The first-order chi connectivity index (χ1) is 6.78. The van der Waals surface area contributed by atoms with Gasteiger partial charge in [-0.25, -0.2) is 0 Å². The van der Waals surface area contributed by atoms with Crippen LogP contribution in [0.25, 0.3) is 0 Å². The first kappa shape index (κ1) is 12.0. The number of esters is 2. The van der Waals surface area contributed by atoms with E-state index < -0.39 is 11.9 Å². The molecular formula is C12H18O3. The largest absolute Gasteiger partial charge is 0.393 e.